The van der Waals surface area contributed by atoms with Crippen LogP contribution in [0, 0.1) is 5.92 Å². The molecule has 0 aromatic heterocycles. The minimum absolute atomic E-state index is 0.150. The number of nitrogens with one attached hydrogen (secondary N) is 1. The number of ether oxygens (including phenoxy) is 2. The summed E-state index contributed by atoms with van der Waals surface area (Å²) in [6, 6.07) is 8.49. The van der Waals surface area contributed by atoms with E-state index >= 15 is 0 Å². The molecule has 3 N–H and O–H groups in total. The van der Waals surface area contributed by atoms with E-state index < -0.39 is 0 Å². The van der Waals surface area contributed by atoms with Gasteiger partial charge in [0.2, 0.25) is 0 Å². The Balaban J connectivity index is 1.71. The number of hydrogen-bond donors (Lipinski definition) is 2. The Morgan fingerprint density at radius 1 is 1.30 bits per heavy atom. The van der Waals surface area contributed by atoms with Crippen LogP contribution in [-0.4, -0.2) is 18.8 Å². The van der Waals surface area contributed by atoms with Gasteiger partial charge in [0.05, 0.1) is 18.2 Å². The third kappa shape index (κ3) is 2.97. The van der Waals surface area contributed by atoms with Crippen LogP contribution in [0.4, 0.5) is 0 Å². The van der Waals surface area contributed by atoms with Gasteiger partial charge in [0.15, 0.2) is 0 Å². The maximum Gasteiger partial charge on any atom is 0.119 e. The topological polar surface area (TPSA) is 56.5 Å². The zero-order valence-corrected chi connectivity index (χ0v) is 12.0. The van der Waals surface area contributed by atoms with E-state index in [4.69, 9.17) is 15.3 Å². The molecule has 1 aliphatic carbocycles. The summed E-state index contributed by atoms with van der Waals surface area (Å²) in [5.74, 6) is 7.20. The van der Waals surface area contributed by atoms with Crippen LogP contribution in [0.15, 0.2) is 24.3 Å². The highest BCUT2D eigenvalue weighted by Crippen LogP contribution is 2.35. The molecule has 1 aromatic carbocycles. The standard InChI is InChI=1S/C16H24N2O2/c1-2-15-14(9-10-19-15)16(18-17)11-3-5-12(6-4-11)20-13-7-8-13/h3-6,13-16,18H,2,7-10,17H2,1H3. The molecule has 1 saturated heterocycles. The largest absolute Gasteiger partial charge is 0.490 e. The van der Waals surface area contributed by atoms with E-state index in [1.165, 1.54) is 18.4 Å². The van der Waals surface area contributed by atoms with Crippen LogP contribution in [0.3, 0.4) is 0 Å². The highest BCUT2D eigenvalue weighted by molar-refractivity contribution is 5.30. The minimum Gasteiger partial charge on any atom is -0.490 e. The normalized spacial score (nSPS) is 27.5. The van der Waals surface area contributed by atoms with Crippen molar-refractivity contribution in [3.05, 3.63) is 29.8 Å². The Kier molecular flexibility index (Phi) is 4.24. The Hall–Kier alpha value is -1.10. The lowest BCUT2D eigenvalue weighted by Crippen LogP contribution is -2.36. The molecule has 2 fully saturated rings. The second-order valence-electron chi connectivity index (χ2n) is 5.80. The summed E-state index contributed by atoms with van der Waals surface area (Å²) < 4.78 is 11.6. The van der Waals surface area contributed by atoms with Crippen molar-refractivity contribution >= 4 is 0 Å². The molecular formula is C16H24N2O2. The molecule has 0 amide bonds. The summed E-state index contributed by atoms with van der Waals surface area (Å²) in [4.78, 5) is 0. The van der Waals surface area contributed by atoms with Crippen LogP contribution < -0.4 is 16.0 Å². The van der Waals surface area contributed by atoms with Crippen molar-refractivity contribution in [2.75, 3.05) is 6.61 Å². The van der Waals surface area contributed by atoms with Gasteiger partial charge in [-0.1, -0.05) is 19.1 Å². The van der Waals surface area contributed by atoms with E-state index in [9.17, 15) is 0 Å². The zero-order valence-electron chi connectivity index (χ0n) is 12.0. The summed E-state index contributed by atoms with van der Waals surface area (Å²) in [6.45, 7) is 3.01. The number of hydrazine groups is 1. The highest BCUT2D eigenvalue weighted by Gasteiger charge is 2.34. The Morgan fingerprint density at radius 2 is 2.05 bits per heavy atom. The average molecular weight is 276 g/mol. The summed E-state index contributed by atoms with van der Waals surface area (Å²) in [5, 5.41) is 0. The van der Waals surface area contributed by atoms with Crippen LogP contribution in [0.5, 0.6) is 5.75 Å². The Labute approximate surface area is 120 Å². The first-order valence-corrected chi connectivity index (χ1v) is 7.66. The summed E-state index contributed by atoms with van der Waals surface area (Å²) >= 11 is 0. The van der Waals surface area contributed by atoms with Gasteiger partial charge < -0.3 is 9.47 Å². The van der Waals surface area contributed by atoms with Crippen molar-refractivity contribution in [2.45, 2.75) is 50.9 Å². The molecule has 110 valence electrons. The molecule has 1 aromatic rings. The molecule has 3 rings (SSSR count). The third-order valence-electron chi connectivity index (χ3n) is 4.34. The molecule has 3 unspecified atom stereocenters. The van der Waals surface area contributed by atoms with Gasteiger partial charge in [-0.05, 0) is 43.4 Å². The maximum absolute atomic E-state index is 5.79. The molecule has 0 spiro atoms. The maximum atomic E-state index is 5.79. The fraction of sp³-hybridized carbons (Fsp3) is 0.625. The van der Waals surface area contributed by atoms with E-state index in [1.807, 2.05) is 0 Å². The molecular weight excluding hydrogens is 252 g/mol. The molecule has 1 aliphatic heterocycles. The fourth-order valence-corrected chi connectivity index (χ4v) is 3.07. The van der Waals surface area contributed by atoms with Gasteiger partial charge in [-0.2, -0.15) is 0 Å². The van der Waals surface area contributed by atoms with Crippen LogP contribution in [0.25, 0.3) is 0 Å². The molecule has 4 nitrogen and oxygen atoms in total. The van der Waals surface area contributed by atoms with Crippen molar-refractivity contribution in [3.8, 4) is 5.75 Å². The quantitative estimate of drug-likeness (QED) is 0.619. The fourth-order valence-electron chi connectivity index (χ4n) is 3.07. The van der Waals surface area contributed by atoms with Crippen LogP contribution >= 0.6 is 0 Å². The van der Waals surface area contributed by atoms with E-state index in [2.05, 4.69) is 36.6 Å². The summed E-state index contributed by atoms with van der Waals surface area (Å²) in [6.07, 6.45) is 5.22. The Morgan fingerprint density at radius 3 is 2.65 bits per heavy atom. The summed E-state index contributed by atoms with van der Waals surface area (Å²) in [5.41, 5.74) is 4.19. The van der Waals surface area contributed by atoms with Gasteiger partial charge in [0, 0.05) is 12.5 Å². The second kappa shape index (κ2) is 6.12. The molecule has 0 bridgehead atoms. The van der Waals surface area contributed by atoms with E-state index in [0.29, 0.717) is 18.1 Å². The van der Waals surface area contributed by atoms with Crippen LogP contribution in [0.2, 0.25) is 0 Å². The predicted octanol–water partition coefficient (Wildman–Crippen LogP) is 2.55. The van der Waals surface area contributed by atoms with Gasteiger partial charge in [0.25, 0.3) is 0 Å². The van der Waals surface area contributed by atoms with E-state index in [0.717, 1.165) is 25.2 Å². The number of rotatable bonds is 6. The van der Waals surface area contributed by atoms with Gasteiger partial charge >= 0.3 is 0 Å². The van der Waals surface area contributed by atoms with Gasteiger partial charge in [0.1, 0.15) is 5.75 Å². The first-order valence-electron chi connectivity index (χ1n) is 7.66. The number of benzene rings is 1. The molecule has 0 radical (unpaired) electrons. The smallest absolute Gasteiger partial charge is 0.119 e. The molecule has 1 saturated carbocycles. The first-order chi connectivity index (χ1) is 9.81. The number of hydrogen-bond acceptors (Lipinski definition) is 4. The third-order valence-corrected chi connectivity index (χ3v) is 4.34. The molecule has 4 heteroatoms. The minimum atomic E-state index is 0.150. The number of nitrogens with two attached hydrogens (primary N) is 1. The van der Waals surface area contributed by atoms with Crippen molar-refractivity contribution in [1.29, 1.82) is 0 Å². The van der Waals surface area contributed by atoms with Crippen molar-refractivity contribution in [3.63, 3.8) is 0 Å². The second-order valence-corrected chi connectivity index (χ2v) is 5.80. The SMILES string of the molecule is CCC1OCCC1C(NN)c1ccc(OC2CC2)cc1. The van der Waals surface area contributed by atoms with E-state index in [1.54, 1.807) is 0 Å². The van der Waals surface area contributed by atoms with Crippen molar-refractivity contribution in [2.24, 2.45) is 11.8 Å². The lowest BCUT2D eigenvalue weighted by Gasteiger charge is -2.27. The van der Waals surface area contributed by atoms with Crippen LogP contribution in [0.1, 0.15) is 44.2 Å². The van der Waals surface area contributed by atoms with Crippen molar-refractivity contribution in [1.82, 2.24) is 5.43 Å². The summed E-state index contributed by atoms with van der Waals surface area (Å²) in [7, 11) is 0. The van der Waals surface area contributed by atoms with Crippen molar-refractivity contribution < 1.29 is 9.47 Å². The molecule has 20 heavy (non-hydrogen) atoms. The average Bonchev–Trinajstić information content (AvgIpc) is 3.17. The van der Waals surface area contributed by atoms with Gasteiger partial charge in [-0.25, -0.2) is 0 Å². The van der Waals surface area contributed by atoms with E-state index in [-0.39, 0.29) is 6.04 Å². The molecule has 1 heterocycles. The zero-order chi connectivity index (χ0) is 13.9. The first kappa shape index (κ1) is 13.9. The van der Waals surface area contributed by atoms with Gasteiger partial charge in [-0.15, -0.1) is 0 Å². The molecule has 2 aliphatic rings. The lowest BCUT2D eigenvalue weighted by molar-refractivity contribution is 0.0774. The van der Waals surface area contributed by atoms with Gasteiger partial charge in [-0.3, -0.25) is 11.3 Å². The predicted molar refractivity (Wildman–Crippen MR) is 78.3 cm³/mol. The highest BCUT2D eigenvalue weighted by atomic mass is 16.5. The monoisotopic (exact) mass is 276 g/mol. The lowest BCUT2D eigenvalue weighted by atomic mass is 9.87. The van der Waals surface area contributed by atoms with Crippen LogP contribution in [-0.2, 0) is 4.74 Å². The molecule has 3 atom stereocenters. The Bertz CT molecular complexity index is 431.